The number of nitrogens with zero attached hydrogens (tertiary/aromatic N) is 2. The third kappa shape index (κ3) is 4.21. The minimum atomic E-state index is -0.780. The first-order valence-electron chi connectivity index (χ1n) is 7.28. The van der Waals surface area contributed by atoms with Gasteiger partial charge >= 0.3 is 0 Å². The van der Waals surface area contributed by atoms with E-state index in [4.69, 9.17) is 0 Å². The van der Waals surface area contributed by atoms with Gasteiger partial charge in [0.05, 0.1) is 6.07 Å². The number of rotatable bonds is 5. The lowest BCUT2D eigenvalue weighted by atomic mass is 9.74. The zero-order valence-electron chi connectivity index (χ0n) is 12.7. The van der Waals surface area contributed by atoms with Crippen LogP contribution in [0.1, 0.15) is 46.0 Å². The molecule has 0 heterocycles. The van der Waals surface area contributed by atoms with Crippen molar-refractivity contribution in [1.82, 2.24) is 10.2 Å². The molecule has 19 heavy (non-hydrogen) atoms. The molecule has 1 atom stereocenters. The topological polar surface area (TPSA) is 56.1 Å². The molecule has 4 nitrogen and oxygen atoms in total. The maximum Gasteiger partial charge on any atom is 0.240 e. The van der Waals surface area contributed by atoms with E-state index in [1.165, 1.54) is 0 Å². The zero-order chi connectivity index (χ0) is 14.5. The van der Waals surface area contributed by atoms with Crippen LogP contribution in [0.2, 0.25) is 0 Å². The van der Waals surface area contributed by atoms with Crippen LogP contribution < -0.4 is 5.32 Å². The van der Waals surface area contributed by atoms with Gasteiger partial charge in [-0.25, -0.2) is 0 Å². The van der Waals surface area contributed by atoms with Gasteiger partial charge in [-0.1, -0.05) is 33.1 Å². The first-order chi connectivity index (χ1) is 8.91. The van der Waals surface area contributed by atoms with Crippen molar-refractivity contribution in [2.75, 3.05) is 20.6 Å². The van der Waals surface area contributed by atoms with E-state index in [0.29, 0.717) is 18.8 Å². The fourth-order valence-corrected chi connectivity index (χ4v) is 2.67. The Bertz CT molecular complexity index is 338. The van der Waals surface area contributed by atoms with Crippen LogP contribution in [-0.2, 0) is 4.79 Å². The number of nitriles is 1. The fraction of sp³-hybridized carbons (Fsp3) is 0.867. The summed E-state index contributed by atoms with van der Waals surface area (Å²) >= 11 is 0. The molecule has 4 heteroatoms. The van der Waals surface area contributed by atoms with Crippen molar-refractivity contribution in [2.45, 2.75) is 52.0 Å². The monoisotopic (exact) mass is 265 g/mol. The molecule has 1 unspecified atom stereocenters. The van der Waals surface area contributed by atoms with E-state index >= 15 is 0 Å². The van der Waals surface area contributed by atoms with Crippen molar-refractivity contribution in [3.63, 3.8) is 0 Å². The predicted octanol–water partition coefficient (Wildman–Crippen LogP) is 2.16. The summed E-state index contributed by atoms with van der Waals surface area (Å²) in [4.78, 5) is 14.6. The van der Waals surface area contributed by atoms with Gasteiger partial charge in [0.25, 0.3) is 0 Å². The van der Waals surface area contributed by atoms with E-state index in [1.807, 2.05) is 14.1 Å². The van der Waals surface area contributed by atoms with Crippen molar-refractivity contribution < 1.29 is 4.79 Å². The molecule has 1 amide bonds. The van der Waals surface area contributed by atoms with E-state index in [9.17, 15) is 10.1 Å². The van der Waals surface area contributed by atoms with E-state index < -0.39 is 5.41 Å². The molecule has 0 aromatic rings. The molecular weight excluding hydrogens is 238 g/mol. The molecule has 0 spiro atoms. The Morgan fingerprint density at radius 2 is 1.89 bits per heavy atom. The van der Waals surface area contributed by atoms with E-state index in [2.05, 4.69) is 30.1 Å². The lowest BCUT2D eigenvalue weighted by Crippen LogP contribution is -2.51. The summed E-state index contributed by atoms with van der Waals surface area (Å²) in [5, 5.41) is 12.5. The molecule has 0 aromatic carbocycles. The third-order valence-electron chi connectivity index (χ3n) is 4.04. The summed E-state index contributed by atoms with van der Waals surface area (Å²) < 4.78 is 0. The Morgan fingerprint density at radius 1 is 1.32 bits per heavy atom. The molecule has 108 valence electrons. The normalized spacial score (nSPS) is 20.1. The molecule has 0 saturated heterocycles. The van der Waals surface area contributed by atoms with Crippen LogP contribution in [0.15, 0.2) is 0 Å². The lowest BCUT2D eigenvalue weighted by molar-refractivity contribution is -0.130. The van der Waals surface area contributed by atoms with Crippen LogP contribution in [0.5, 0.6) is 0 Å². The van der Waals surface area contributed by atoms with Crippen molar-refractivity contribution in [1.29, 1.82) is 5.26 Å². The van der Waals surface area contributed by atoms with Crippen molar-refractivity contribution >= 4 is 5.91 Å². The van der Waals surface area contributed by atoms with Gasteiger partial charge in [-0.15, -0.1) is 0 Å². The molecule has 0 bridgehead atoms. The molecule has 1 N–H and O–H groups in total. The number of hydrogen-bond donors (Lipinski definition) is 1. The second-order valence-electron chi connectivity index (χ2n) is 6.34. The second kappa shape index (κ2) is 6.91. The number of nitrogens with one attached hydrogen (secondary N) is 1. The standard InChI is InChI=1S/C15H27N3O/c1-12(2)13(10-18(3)4)17-14(19)15(11-16)8-6-5-7-9-15/h12-13H,5-10H2,1-4H3,(H,17,19). The molecule has 0 aliphatic heterocycles. The quantitative estimate of drug-likeness (QED) is 0.829. The lowest BCUT2D eigenvalue weighted by Gasteiger charge is -2.33. The molecule has 1 fully saturated rings. The van der Waals surface area contributed by atoms with Crippen molar-refractivity contribution in [3.05, 3.63) is 0 Å². The van der Waals surface area contributed by atoms with Gasteiger partial charge in [0, 0.05) is 12.6 Å². The van der Waals surface area contributed by atoms with Gasteiger partial charge in [-0.2, -0.15) is 5.26 Å². The number of carbonyl (C=O) groups is 1. The number of likely N-dealkylation sites (N-methyl/N-ethyl adjacent to an activating group) is 1. The van der Waals surface area contributed by atoms with E-state index in [0.717, 1.165) is 25.8 Å². The minimum absolute atomic E-state index is 0.0600. The first kappa shape index (κ1) is 16.0. The van der Waals surface area contributed by atoms with Gasteiger partial charge in [0.2, 0.25) is 5.91 Å². The molecule has 0 radical (unpaired) electrons. The van der Waals surface area contributed by atoms with Gasteiger partial charge in [-0.3, -0.25) is 4.79 Å². The van der Waals surface area contributed by atoms with Crippen LogP contribution in [0, 0.1) is 22.7 Å². The van der Waals surface area contributed by atoms with Crippen molar-refractivity contribution in [2.24, 2.45) is 11.3 Å². The third-order valence-corrected chi connectivity index (χ3v) is 4.04. The SMILES string of the molecule is CC(C)C(CN(C)C)NC(=O)C1(C#N)CCCCC1. The Balaban J connectivity index is 2.72. The van der Waals surface area contributed by atoms with Crippen LogP contribution in [0.25, 0.3) is 0 Å². The molecule has 1 saturated carbocycles. The van der Waals surface area contributed by atoms with Gasteiger partial charge < -0.3 is 10.2 Å². The molecular formula is C15H27N3O. The van der Waals surface area contributed by atoms with Crippen LogP contribution >= 0.6 is 0 Å². The van der Waals surface area contributed by atoms with E-state index in [-0.39, 0.29) is 11.9 Å². The highest BCUT2D eigenvalue weighted by Crippen LogP contribution is 2.36. The molecule has 1 aliphatic rings. The largest absolute Gasteiger partial charge is 0.350 e. The highest BCUT2D eigenvalue weighted by molar-refractivity contribution is 5.85. The zero-order valence-corrected chi connectivity index (χ0v) is 12.7. The van der Waals surface area contributed by atoms with Crippen molar-refractivity contribution in [3.8, 4) is 6.07 Å². The van der Waals surface area contributed by atoms with Crippen LogP contribution in [-0.4, -0.2) is 37.5 Å². The average molecular weight is 265 g/mol. The molecule has 0 aromatic heterocycles. The summed E-state index contributed by atoms with van der Waals surface area (Å²) in [6, 6.07) is 2.40. The Kier molecular flexibility index (Phi) is 5.81. The smallest absolute Gasteiger partial charge is 0.240 e. The Hall–Kier alpha value is -1.08. The number of hydrogen-bond acceptors (Lipinski definition) is 3. The van der Waals surface area contributed by atoms with Gasteiger partial charge in [0.1, 0.15) is 5.41 Å². The fourth-order valence-electron chi connectivity index (χ4n) is 2.67. The average Bonchev–Trinajstić information content (AvgIpc) is 2.38. The first-order valence-corrected chi connectivity index (χ1v) is 7.28. The van der Waals surface area contributed by atoms with E-state index in [1.54, 1.807) is 0 Å². The highest BCUT2D eigenvalue weighted by Gasteiger charge is 2.40. The Morgan fingerprint density at radius 3 is 2.32 bits per heavy atom. The summed E-state index contributed by atoms with van der Waals surface area (Å²) in [5.74, 6) is 0.306. The minimum Gasteiger partial charge on any atom is -0.350 e. The number of carbonyl (C=O) groups excluding carboxylic acids is 1. The van der Waals surface area contributed by atoms with Crippen LogP contribution in [0.4, 0.5) is 0 Å². The summed E-state index contributed by atoms with van der Waals surface area (Å²) in [5.41, 5.74) is -0.780. The van der Waals surface area contributed by atoms with Gasteiger partial charge in [0.15, 0.2) is 0 Å². The highest BCUT2D eigenvalue weighted by atomic mass is 16.2. The maximum atomic E-state index is 12.5. The predicted molar refractivity (Wildman–Crippen MR) is 76.5 cm³/mol. The Labute approximate surface area is 117 Å². The number of amides is 1. The van der Waals surface area contributed by atoms with Crippen LogP contribution in [0.3, 0.4) is 0 Å². The van der Waals surface area contributed by atoms with Gasteiger partial charge in [-0.05, 0) is 32.9 Å². The molecule has 1 rings (SSSR count). The summed E-state index contributed by atoms with van der Waals surface area (Å²) in [7, 11) is 4.00. The second-order valence-corrected chi connectivity index (χ2v) is 6.34. The molecule has 1 aliphatic carbocycles. The summed E-state index contributed by atoms with van der Waals surface area (Å²) in [6.07, 6.45) is 4.54. The summed E-state index contributed by atoms with van der Waals surface area (Å²) in [6.45, 7) is 5.02. The maximum absolute atomic E-state index is 12.5.